The lowest BCUT2D eigenvalue weighted by molar-refractivity contribution is 0.616. The van der Waals surface area contributed by atoms with Gasteiger partial charge in [0.25, 0.3) is 0 Å². The van der Waals surface area contributed by atoms with E-state index in [-0.39, 0.29) is 0 Å². The minimum Gasteiger partial charge on any atom is -0.352 e. The quantitative estimate of drug-likeness (QED) is 0.765. The molecule has 1 N–H and O–H groups in total. The van der Waals surface area contributed by atoms with Crippen molar-refractivity contribution in [3.05, 3.63) is 23.6 Å². The van der Waals surface area contributed by atoms with E-state index in [4.69, 9.17) is 11.6 Å². The zero-order valence-electron chi connectivity index (χ0n) is 11.5. The smallest absolute Gasteiger partial charge is 0.204 e. The molecule has 0 amide bonds. The Kier molecular flexibility index (Phi) is 2.90. The van der Waals surface area contributed by atoms with E-state index < -0.39 is 0 Å². The maximum absolute atomic E-state index is 6.03. The first-order valence-corrected chi connectivity index (χ1v) is 7.21. The van der Waals surface area contributed by atoms with E-state index in [1.54, 1.807) is 12.5 Å². The van der Waals surface area contributed by atoms with Crippen molar-refractivity contribution in [3.63, 3.8) is 0 Å². The van der Waals surface area contributed by atoms with Crippen molar-refractivity contribution < 1.29 is 0 Å². The first-order valence-electron chi connectivity index (χ1n) is 6.83. The van der Waals surface area contributed by atoms with Gasteiger partial charge in [-0.2, -0.15) is 0 Å². The highest BCUT2D eigenvalue weighted by Gasteiger charge is 2.25. The summed E-state index contributed by atoms with van der Waals surface area (Å²) >= 11 is 6.03. The van der Waals surface area contributed by atoms with Crippen LogP contribution in [-0.2, 0) is 0 Å². The summed E-state index contributed by atoms with van der Waals surface area (Å²) in [4.78, 5) is 11.2. The van der Waals surface area contributed by atoms with Gasteiger partial charge in [-0.15, -0.1) is 10.2 Å². The van der Waals surface area contributed by atoms with Gasteiger partial charge >= 0.3 is 0 Å². The predicted octanol–water partition coefficient (Wildman–Crippen LogP) is 1.12. The van der Waals surface area contributed by atoms with Gasteiger partial charge in [0.05, 0.1) is 10.5 Å². The molecular formula is C13H14ClN7. The van der Waals surface area contributed by atoms with Gasteiger partial charge in [0.15, 0.2) is 11.5 Å². The molecule has 0 aromatic carbocycles. The van der Waals surface area contributed by atoms with Crippen LogP contribution in [0.2, 0.25) is 5.02 Å². The molecule has 0 aliphatic carbocycles. The lowest BCUT2D eigenvalue weighted by Gasteiger charge is -2.18. The number of nitrogens with zero attached hydrogens (tertiary/aromatic N) is 6. The van der Waals surface area contributed by atoms with E-state index in [1.807, 2.05) is 17.5 Å². The van der Waals surface area contributed by atoms with Gasteiger partial charge in [-0.1, -0.05) is 11.6 Å². The van der Waals surface area contributed by atoms with Gasteiger partial charge in [-0.05, 0) is 19.5 Å². The summed E-state index contributed by atoms with van der Waals surface area (Å²) < 4.78 is 1.89. The Bertz CT molecular complexity index is 815. The van der Waals surface area contributed by atoms with E-state index in [9.17, 15) is 0 Å². The zero-order chi connectivity index (χ0) is 14.4. The highest BCUT2D eigenvalue weighted by molar-refractivity contribution is 6.31. The Labute approximate surface area is 126 Å². The second-order valence-corrected chi connectivity index (χ2v) is 5.61. The molecule has 1 aliphatic rings. The molecule has 1 atom stereocenters. The minimum atomic E-state index is 0.476. The number of fused-ring (bicyclic) bond motifs is 3. The third-order valence-corrected chi connectivity index (χ3v) is 4.14. The molecule has 1 aliphatic heterocycles. The van der Waals surface area contributed by atoms with Crippen LogP contribution < -0.4 is 10.2 Å². The van der Waals surface area contributed by atoms with Gasteiger partial charge in [0, 0.05) is 25.3 Å². The molecule has 0 saturated carbocycles. The lowest BCUT2D eigenvalue weighted by atomic mass is 10.3. The largest absolute Gasteiger partial charge is 0.352 e. The SMILES string of the molecule is CN[C@@H]1CCN(c2nc3ncc(Cl)cc3n3cnnc23)C1. The van der Waals surface area contributed by atoms with E-state index in [1.165, 1.54) is 0 Å². The monoisotopic (exact) mass is 303 g/mol. The fraction of sp³-hybridized carbons (Fsp3) is 0.385. The average molecular weight is 304 g/mol. The molecule has 108 valence electrons. The first kappa shape index (κ1) is 12.7. The summed E-state index contributed by atoms with van der Waals surface area (Å²) in [5, 5.41) is 12.1. The Morgan fingerprint density at radius 2 is 2.33 bits per heavy atom. The molecule has 21 heavy (non-hydrogen) atoms. The van der Waals surface area contributed by atoms with Crippen LogP contribution >= 0.6 is 11.6 Å². The Balaban J connectivity index is 1.92. The second-order valence-electron chi connectivity index (χ2n) is 5.18. The number of halogens is 1. The van der Waals surface area contributed by atoms with E-state index >= 15 is 0 Å². The molecule has 4 rings (SSSR count). The fourth-order valence-electron chi connectivity index (χ4n) is 2.80. The molecule has 0 radical (unpaired) electrons. The van der Waals surface area contributed by atoms with Crippen molar-refractivity contribution in [1.29, 1.82) is 0 Å². The molecule has 1 fully saturated rings. The minimum absolute atomic E-state index is 0.476. The van der Waals surface area contributed by atoms with Gasteiger partial charge in [-0.3, -0.25) is 4.40 Å². The summed E-state index contributed by atoms with van der Waals surface area (Å²) in [5.74, 6) is 0.826. The number of likely N-dealkylation sites (N-methyl/N-ethyl adjacent to an activating group) is 1. The molecule has 3 aromatic rings. The third kappa shape index (κ3) is 2.00. The number of nitrogens with one attached hydrogen (secondary N) is 1. The number of hydrogen-bond acceptors (Lipinski definition) is 6. The molecule has 3 aromatic heterocycles. The van der Waals surface area contributed by atoms with Crippen LogP contribution in [0.1, 0.15) is 6.42 Å². The van der Waals surface area contributed by atoms with Gasteiger partial charge in [0.2, 0.25) is 5.65 Å². The summed E-state index contributed by atoms with van der Waals surface area (Å²) in [6, 6.07) is 2.31. The Hall–Kier alpha value is -1.99. The molecule has 0 spiro atoms. The summed E-state index contributed by atoms with van der Waals surface area (Å²) in [6.45, 7) is 1.85. The molecule has 8 heteroatoms. The summed E-state index contributed by atoms with van der Waals surface area (Å²) in [7, 11) is 1.98. The van der Waals surface area contributed by atoms with Crippen LogP contribution in [0.3, 0.4) is 0 Å². The standard InChI is InChI=1S/C13H14ClN7/c1-15-9-2-3-20(6-9)12-13-19-17-7-21(13)10-4-8(14)5-16-11(10)18-12/h4-5,7,9,15H,2-3,6H2,1H3/t9-/m1/s1. The molecule has 0 bridgehead atoms. The topological polar surface area (TPSA) is 71.2 Å². The van der Waals surface area contributed by atoms with Gasteiger partial charge in [0.1, 0.15) is 6.33 Å². The summed E-state index contributed by atoms with van der Waals surface area (Å²) in [6.07, 6.45) is 4.37. The molecule has 1 saturated heterocycles. The number of anilines is 1. The van der Waals surface area contributed by atoms with Crippen molar-refractivity contribution >= 4 is 34.2 Å². The number of hydrogen-bond donors (Lipinski definition) is 1. The van der Waals surface area contributed by atoms with Crippen molar-refractivity contribution in [2.24, 2.45) is 0 Å². The third-order valence-electron chi connectivity index (χ3n) is 3.93. The molecular weight excluding hydrogens is 290 g/mol. The maximum Gasteiger partial charge on any atom is 0.204 e. The van der Waals surface area contributed by atoms with E-state index in [0.29, 0.717) is 16.7 Å². The second kappa shape index (κ2) is 4.78. The van der Waals surface area contributed by atoms with Crippen molar-refractivity contribution in [2.75, 3.05) is 25.0 Å². The van der Waals surface area contributed by atoms with Crippen molar-refractivity contribution in [3.8, 4) is 0 Å². The van der Waals surface area contributed by atoms with Crippen LogP contribution in [0.15, 0.2) is 18.6 Å². The number of aromatic nitrogens is 5. The van der Waals surface area contributed by atoms with Crippen molar-refractivity contribution in [2.45, 2.75) is 12.5 Å². The number of pyridine rings is 1. The molecule has 7 nitrogen and oxygen atoms in total. The van der Waals surface area contributed by atoms with Crippen LogP contribution in [0, 0.1) is 0 Å². The van der Waals surface area contributed by atoms with Crippen LogP contribution in [0.4, 0.5) is 5.82 Å². The zero-order valence-corrected chi connectivity index (χ0v) is 12.2. The highest BCUT2D eigenvalue weighted by Crippen LogP contribution is 2.26. The fourth-order valence-corrected chi connectivity index (χ4v) is 2.95. The van der Waals surface area contributed by atoms with Gasteiger partial charge in [-0.25, -0.2) is 9.97 Å². The predicted molar refractivity (Wildman–Crippen MR) is 80.8 cm³/mol. The Morgan fingerprint density at radius 1 is 1.43 bits per heavy atom. The van der Waals surface area contributed by atoms with Crippen LogP contribution in [-0.4, -0.2) is 50.7 Å². The average Bonchev–Trinajstić information content (AvgIpc) is 3.16. The molecule has 0 unspecified atom stereocenters. The highest BCUT2D eigenvalue weighted by atomic mass is 35.5. The molecule has 4 heterocycles. The van der Waals surface area contributed by atoms with Crippen LogP contribution in [0.5, 0.6) is 0 Å². The first-order chi connectivity index (χ1) is 10.3. The van der Waals surface area contributed by atoms with E-state index in [0.717, 1.165) is 36.5 Å². The van der Waals surface area contributed by atoms with E-state index in [2.05, 4.69) is 30.4 Å². The lowest BCUT2D eigenvalue weighted by Crippen LogP contribution is -2.30. The maximum atomic E-state index is 6.03. The van der Waals surface area contributed by atoms with Crippen LogP contribution in [0.25, 0.3) is 16.8 Å². The number of rotatable bonds is 2. The van der Waals surface area contributed by atoms with Gasteiger partial charge < -0.3 is 10.2 Å². The Morgan fingerprint density at radius 3 is 3.14 bits per heavy atom. The summed E-state index contributed by atoms with van der Waals surface area (Å²) in [5.41, 5.74) is 2.20. The van der Waals surface area contributed by atoms with Crippen molar-refractivity contribution in [1.82, 2.24) is 29.9 Å². The normalized spacial score (nSPS) is 19.0.